The number of hydrogen-bond acceptors (Lipinski definition) is 5. The van der Waals surface area contributed by atoms with Gasteiger partial charge in [0.25, 0.3) is 5.56 Å². The van der Waals surface area contributed by atoms with E-state index in [1.54, 1.807) is 11.6 Å². The molecule has 3 heterocycles. The van der Waals surface area contributed by atoms with Crippen LogP contribution >= 0.6 is 0 Å². The second-order valence-corrected chi connectivity index (χ2v) is 7.92. The van der Waals surface area contributed by atoms with E-state index in [2.05, 4.69) is 34.3 Å². The van der Waals surface area contributed by atoms with Crippen LogP contribution in [0.1, 0.15) is 13.3 Å². The van der Waals surface area contributed by atoms with Gasteiger partial charge in [0.05, 0.1) is 22.2 Å². The van der Waals surface area contributed by atoms with Gasteiger partial charge in [-0.3, -0.25) is 4.79 Å². The van der Waals surface area contributed by atoms with Gasteiger partial charge in [0.15, 0.2) is 0 Å². The molecule has 1 saturated heterocycles. The molecule has 5 rings (SSSR count). The highest BCUT2D eigenvalue weighted by Crippen LogP contribution is 2.30. The molecule has 154 valence electrons. The Morgan fingerprint density at radius 2 is 2.07 bits per heavy atom. The van der Waals surface area contributed by atoms with Crippen LogP contribution in [-0.4, -0.2) is 40.2 Å². The van der Waals surface area contributed by atoms with Crippen LogP contribution < -0.4 is 21.5 Å². The summed E-state index contributed by atoms with van der Waals surface area (Å²) >= 11 is 0. The van der Waals surface area contributed by atoms with Crippen LogP contribution in [-0.2, 0) is 7.05 Å². The summed E-state index contributed by atoms with van der Waals surface area (Å²) in [6.45, 7) is 5.16. The number of rotatable bonds is 3. The van der Waals surface area contributed by atoms with Crippen molar-refractivity contribution in [2.75, 3.05) is 30.3 Å². The maximum absolute atomic E-state index is 13.1. The standard InChI is InChI=1S/C23H26N6O/c1-3-14-13-25-10-11-29(14)15-8-9-17-18(12-15)27-22(26-17)20-21(24)16-6-4-5-7-19(16)28(2)23(20)30/h4-9,12,14,25H,3,10-11,13,24H2,1-2H3,(H,26,27). The zero-order valence-corrected chi connectivity index (χ0v) is 17.3. The molecule has 7 heteroatoms. The Bertz CT molecular complexity index is 1300. The lowest BCUT2D eigenvalue weighted by atomic mass is 10.1. The largest absolute Gasteiger partial charge is 0.397 e. The van der Waals surface area contributed by atoms with Crippen molar-refractivity contribution in [3.05, 3.63) is 52.8 Å². The number of aromatic amines is 1. The van der Waals surface area contributed by atoms with E-state index in [4.69, 9.17) is 10.7 Å². The van der Waals surface area contributed by atoms with Gasteiger partial charge in [-0.1, -0.05) is 25.1 Å². The summed E-state index contributed by atoms with van der Waals surface area (Å²) in [5.74, 6) is 0.512. The summed E-state index contributed by atoms with van der Waals surface area (Å²) in [7, 11) is 1.77. The van der Waals surface area contributed by atoms with E-state index in [1.165, 1.54) is 5.69 Å². The molecule has 0 radical (unpaired) electrons. The number of nitrogens with one attached hydrogen (secondary N) is 2. The number of hydrogen-bond donors (Lipinski definition) is 3. The van der Waals surface area contributed by atoms with Gasteiger partial charge in [0.2, 0.25) is 0 Å². The first-order valence-electron chi connectivity index (χ1n) is 10.4. The van der Waals surface area contributed by atoms with E-state index in [0.29, 0.717) is 23.1 Å². The molecule has 0 spiro atoms. The Hall–Kier alpha value is -3.32. The number of nitrogen functional groups attached to an aromatic ring is 1. The SMILES string of the molecule is CCC1CNCCN1c1ccc2nc(-c3c(N)c4ccccc4n(C)c3=O)[nH]c2c1. The number of para-hydroxylation sites is 1. The van der Waals surface area contributed by atoms with Crippen LogP contribution in [0.25, 0.3) is 33.3 Å². The summed E-state index contributed by atoms with van der Waals surface area (Å²) in [4.78, 5) is 23.6. The van der Waals surface area contributed by atoms with Crippen molar-refractivity contribution in [2.24, 2.45) is 7.05 Å². The number of fused-ring (bicyclic) bond motifs is 2. The molecule has 1 fully saturated rings. The fourth-order valence-corrected chi connectivity index (χ4v) is 4.51. The summed E-state index contributed by atoms with van der Waals surface area (Å²) in [5.41, 5.74) is 10.9. The highest BCUT2D eigenvalue weighted by atomic mass is 16.1. The van der Waals surface area contributed by atoms with E-state index in [1.807, 2.05) is 30.3 Å². The lowest BCUT2D eigenvalue weighted by Crippen LogP contribution is -2.51. The summed E-state index contributed by atoms with van der Waals surface area (Å²) in [6.07, 6.45) is 1.09. The third kappa shape index (κ3) is 2.85. The van der Waals surface area contributed by atoms with Gasteiger partial charge in [-0.15, -0.1) is 0 Å². The number of piperazine rings is 1. The molecule has 1 unspecified atom stereocenters. The Morgan fingerprint density at radius 3 is 2.90 bits per heavy atom. The summed E-state index contributed by atoms with van der Waals surface area (Å²) in [6, 6.07) is 14.4. The van der Waals surface area contributed by atoms with Crippen LogP contribution in [0, 0.1) is 0 Å². The quantitative estimate of drug-likeness (QED) is 0.490. The number of nitrogens with zero attached hydrogens (tertiary/aromatic N) is 3. The number of imidazole rings is 1. The molecule has 7 nitrogen and oxygen atoms in total. The lowest BCUT2D eigenvalue weighted by molar-refractivity contribution is 0.466. The molecule has 0 saturated carbocycles. The Morgan fingerprint density at radius 1 is 1.23 bits per heavy atom. The predicted octanol–water partition coefficient (Wildman–Crippen LogP) is 2.85. The molecule has 0 aliphatic carbocycles. The molecular formula is C23H26N6O. The maximum Gasteiger partial charge on any atom is 0.263 e. The molecule has 0 amide bonds. The van der Waals surface area contributed by atoms with Crippen molar-refractivity contribution >= 4 is 33.3 Å². The van der Waals surface area contributed by atoms with Gasteiger partial charge in [-0.05, 0) is 30.7 Å². The Balaban J connectivity index is 1.64. The Kier molecular flexibility index (Phi) is 4.47. The number of pyridine rings is 1. The van der Waals surface area contributed by atoms with Crippen molar-refractivity contribution in [1.82, 2.24) is 19.9 Å². The minimum absolute atomic E-state index is 0.154. The number of nitrogens with two attached hydrogens (primary N) is 1. The van der Waals surface area contributed by atoms with Crippen LogP contribution in [0.2, 0.25) is 0 Å². The highest BCUT2D eigenvalue weighted by Gasteiger charge is 2.22. The molecule has 2 aromatic carbocycles. The fourth-order valence-electron chi connectivity index (χ4n) is 4.51. The molecule has 30 heavy (non-hydrogen) atoms. The van der Waals surface area contributed by atoms with E-state index in [9.17, 15) is 4.79 Å². The zero-order valence-electron chi connectivity index (χ0n) is 17.3. The van der Waals surface area contributed by atoms with Crippen molar-refractivity contribution in [1.29, 1.82) is 0 Å². The molecule has 2 aromatic heterocycles. The second-order valence-electron chi connectivity index (χ2n) is 7.92. The second kappa shape index (κ2) is 7.18. The molecular weight excluding hydrogens is 376 g/mol. The van der Waals surface area contributed by atoms with Gasteiger partial charge in [0, 0.05) is 43.8 Å². The smallest absolute Gasteiger partial charge is 0.263 e. The van der Waals surface area contributed by atoms with E-state index < -0.39 is 0 Å². The van der Waals surface area contributed by atoms with Gasteiger partial charge in [0.1, 0.15) is 11.4 Å². The lowest BCUT2D eigenvalue weighted by Gasteiger charge is -2.37. The molecule has 1 atom stereocenters. The predicted molar refractivity (Wildman–Crippen MR) is 123 cm³/mol. The molecule has 0 bridgehead atoms. The summed E-state index contributed by atoms with van der Waals surface area (Å²) in [5, 5.41) is 4.32. The molecule has 1 aliphatic rings. The topological polar surface area (TPSA) is 92.0 Å². The molecule has 4 aromatic rings. The van der Waals surface area contributed by atoms with Gasteiger partial charge < -0.3 is 25.5 Å². The minimum Gasteiger partial charge on any atom is -0.397 e. The van der Waals surface area contributed by atoms with Crippen LogP contribution in [0.3, 0.4) is 0 Å². The molecule has 4 N–H and O–H groups in total. The first-order valence-corrected chi connectivity index (χ1v) is 10.4. The summed E-state index contributed by atoms with van der Waals surface area (Å²) < 4.78 is 1.63. The number of benzene rings is 2. The Labute approximate surface area is 174 Å². The average Bonchev–Trinajstić information content (AvgIpc) is 3.20. The van der Waals surface area contributed by atoms with E-state index in [0.717, 1.165) is 48.0 Å². The number of anilines is 2. The monoisotopic (exact) mass is 402 g/mol. The van der Waals surface area contributed by atoms with Crippen molar-refractivity contribution in [3.63, 3.8) is 0 Å². The van der Waals surface area contributed by atoms with Crippen LogP contribution in [0.15, 0.2) is 47.3 Å². The van der Waals surface area contributed by atoms with Crippen molar-refractivity contribution in [3.8, 4) is 11.4 Å². The van der Waals surface area contributed by atoms with Gasteiger partial charge in [-0.25, -0.2) is 4.98 Å². The number of aryl methyl sites for hydroxylation is 1. The maximum atomic E-state index is 13.1. The molecule has 1 aliphatic heterocycles. The zero-order chi connectivity index (χ0) is 20.8. The average molecular weight is 403 g/mol. The van der Waals surface area contributed by atoms with Crippen LogP contribution in [0.4, 0.5) is 11.4 Å². The van der Waals surface area contributed by atoms with Crippen molar-refractivity contribution in [2.45, 2.75) is 19.4 Å². The third-order valence-electron chi connectivity index (χ3n) is 6.20. The number of H-pyrrole nitrogens is 1. The van der Waals surface area contributed by atoms with E-state index in [-0.39, 0.29) is 5.56 Å². The first kappa shape index (κ1) is 18.7. The van der Waals surface area contributed by atoms with Crippen LogP contribution in [0.5, 0.6) is 0 Å². The van der Waals surface area contributed by atoms with Crippen molar-refractivity contribution < 1.29 is 0 Å². The van der Waals surface area contributed by atoms with E-state index >= 15 is 0 Å². The normalized spacial score (nSPS) is 17.1. The minimum atomic E-state index is -0.154. The van der Waals surface area contributed by atoms with Gasteiger partial charge >= 0.3 is 0 Å². The third-order valence-corrected chi connectivity index (χ3v) is 6.20. The fraction of sp³-hybridized carbons (Fsp3) is 0.304. The first-order chi connectivity index (χ1) is 14.6. The highest BCUT2D eigenvalue weighted by molar-refractivity contribution is 5.98. The van der Waals surface area contributed by atoms with Gasteiger partial charge in [-0.2, -0.15) is 0 Å². The number of aromatic nitrogens is 3.